The first-order chi connectivity index (χ1) is 13.5. The summed E-state index contributed by atoms with van der Waals surface area (Å²) in [5, 5.41) is 10.6. The molecule has 2 aliphatic rings. The summed E-state index contributed by atoms with van der Waals surface area (Å²) >= 11 is 0. The first kappa shape index (κ1) is 18.7. The zero-order valence-electron chi connectivity index (χ0n) is 16.0. The number of likely N-dealkylation sites (tertiary alicyclic amines) is 1. The van der Waals surface area contributed by atoms with Crippen LogP contribution in [0.5, 0.6) is 11.5 Å². The molecular formula is C23H24FNO3. The highest BCUT2D eigenvalue weighted by Gasteiger charge is 2.33. The van der Waals surface area contributed by atoms with E-state index < -0.39 is 5.82 Å². The quantitative estimate of drug-likeness (QED) is 0.774. The van der Waals surface area contributed by atoms with Crippen molar-refractivity contribution >= 4 is 11.9 Å². The molecule has 28 heavy (non-hydrogen) atoms. The number of nitrogens with zero attached hydrogens (tertiary/aromatic N) is 1. The monoisotopic (exact) mass is 381 g/mol. The number of ether oxygens (including phenoxy) is 1. The zero-order valence-corrected chi connectivity index (χ0v) is 16.0. The molecule has 0 saturated carbocycles. The van der Waals surface area contributed by atoms with Gasteiger partial charge in [-0.05, 0) is 56.6 Å². The fourth-order valence-corrected chi connectivity index (χ4v) is 3.98. The Morgan fingerprint density at radius 2 is 1.89 bits per heavy atom. The van der Waals surface area contributed by atoms with Crippen LogP contribution in [0.2, 0.25) is 0 Å². The number of ketones is 1. The number of Topliss-reactive ketones (excluding diaryl/α,β-unsaturated/α-hetero) is 1. The van der Waals surface area contributed by atoms with Crippen LogP contribution in [-0.4, -0.2) is 28.9 Å². The van der Waals surface area contributed by atoms with Crippen LogP contribution in [0.25, 0.3) is 6.08 Å². The van der Waals surface area contributed by atoms with Gasteiger partial charge in [0.2, 0.25) is 5.78 Å². The average Bonchev–Trinajstić information content (AvgIpc) is 2.83. The maximum atomic E-state index is 14.0. The number of carbonyl (C=O) groups is 1. The molecule has 5 heteroatoms. The van der Waals surface area contributed by atoms with Crippen LogP contribution in [0.1, 0.15) is 52.7 Å². The predicted molar refractivity (Wildman–Crippen MR) is 106 cm³/mol. The number of rotatable bonds is 3. The van der Waals surface area contributed by atoms with Gasteiger partial charge in [-0.15, -0.1) is 0 Å². The molecule has 1 fully saturated rings. The summed E-state index contributed by atoms with van der Waals surface area (Å²) < 4.78 is 19.9. The number of hydrogen-bond acceptors (Lipinski definition) is 4. The highest BCUT2D eigenvalue weighted by Crippen LogP contribution is 2.42. The van der Waals surface area contributed by atoms with Crippen molar-refractivity contribution in [3.8, 4) is 11.5 Å². The van der Waals surface area contributed by atoms with Crippen LogP contribution in [0.3, 0.4) is 0 Å². The van der Waals surface area contributed by atoms with Gasteiger partial charge in [0, 0.05) is 12.1 Å². The maximum Gasteiger partial charge on any atom is 0.232 e. The average molecular weight is 381 g/mol. The Morgan fingerprint density at radius 1 is 1.18 bits per heavy atom. The fourth-order valence-electron chi connectivity index (χ4n) is 3.98. The molecule has 4 rings (SSSR count). The molecule has 0 unspecified atom stereocenters. The Kier molecular flexibility index (Phi) is 5.18. The van der Waals surface area contributed by atoms with Gasteiger partial charge in [0.05, 0.1) is 11.1 Å². The van der Waals surface area contributed by atoms with E-state index in [1.54, 1.807) is 31.2 Å². The van der Waals surface area contributed by atoms with E-state index in [1.807, 2.05) is 0 Å². The normalized spacial score (nSPS) is 18.8. The molecule has 1 N–H and O–H groups in total. The maximum absolute atomic E-state index is 14.0. The topological polar surface area (TPSA) is 49.8 Å². The van der Waals surface area contributed by atoms with Crippen LogP contribution >= 0.6 is 0 Å². The van der Waals surface area contributed by atoms with Gasteiger partial charge in [-0.3, -0.25) is 9.69 Å². The summed E-state index contributed by atoms with van der Waals surface area (Å²) in [5.41, 5.74) is 2.06. The number of halogens is 1. The summed E-state index contributed by atoms with van der Waals surface area (Å²) in [6.07, 6.45) is 6.14. The first-order valence-electron chi connectivity index (χ1n) is 9.81. The summed E-state index contributed by atoms with van der Waals surface area (Å²) in [6, 6.07) is 7.89. The molecule has 0 spiro atoms. The minimum Gasteiger partial charge on any atom is -0.507 e. The van der Waals surface area contributed by atoms with E-state index in [1.165, 1.54) is 25.0 Å². The largest absolute Gasteiger partial charge is 0.507 e. The number of hydrogen-bond donors (Lipinski definition) is 1. The van der Waals surface area contributed by atoms with Gasteiger partial charge >= 0.3 is 0 Å². The van der Waals surface area contributed by atoms with Gasteiger partial charge in [0.25, 0.3) is 0 Å². The van der Waals surface area contributed by atoms with Crippen LogP contribution < -0.4 is 4.74 Å². The predicted octanol–water partition coefficient (Wildman–Crippen LogP) is 4.83. The number of aromatic hydroxyl groups is 1. The summed E-state index contributed by atoms with van der Waals surface area (Å²) in [4.78, 5) is 15.2. The number of benzene rings is 2. The standard InChI is InChI=1S/C23H24FNO3/c1-15-12-19(26)17(14-25-10-6-2-3-7-11-25)23-21(15)22(27)20(28-23)13-16-8-4-5-9-18(16)24/h4-5,8-9,12-13,26H,2-3,6-7,10-11,14H2,1H3/b20-13-. The Morgan fingerprint density at radius 3 is 2.61 bits per heavy atom. The first-order valence-corrected chi connectivity index (χ1v) is 9.81. The summed E-state index contributed by atoms with van der Waals surface area (Å²) in [5.74, 6) is -0.0414. The number of aryl methyl sites for hydroxylation is 1. The number of allylic oxidation sites excluding steroid dienone is 1. The molecule has 0 atom stereocenters. The van der Waals surface area contributed by atoms with E-state index in [2.05, 4.69) is 4.90 Å². The second-order valence-corrected chi connectivity index (χ2v) is 7.55. The Labute approximate surface area is 164 Å². The molecule has 4 nitrogen and oxygen atoms in total. The minimum atomic E-state index is -0.410. The van der Waals surface area contributed by atoms with Crippen molar-refractivity contribution in [1.82, 2.24) is 4.90 Å². The lowest BCUT2D eigenvalue weighted by molar-refractivity contribution is 0.101. The van der Waals surface area contributed by atoms with Crippen molar-refractivity contribution in [2.75, 3.05) is 13.1 Å². The smallest absolute Gasteiger partial charge is 0.232 e. The van der Waals surface area contributed by atoms with Gasteiger partial charge < -0.3 is 9.84 Å². The van der Waals surface area contributed by atoms with E-state index in [0.29, 0.717) is 34.5 Å². The molecule has 0 aliphatic carbocycles. The summed E-state index contributed by atoms with van der Waals surface area (Å²) in [6.45, 7) is 4.25. The van der Waals surface area contributed by atoms with Gasteiger partial charge in [-0.1, -0.05) is 31.0 Å². The van der Waals surface area contributed by atoms with Crippen molar-refractivity contribution in [2.24, 2.45) is 0 Å². The van der Waals surface area contributed by atoms with E-state index in [0.717, 1.165) is 25.9 Å². The van der Waals surface area contributed by atoms with Crippen LogP contribution in [-0.2, 0) is 6.54 Å². The van der Waals surface area contributed by atoms with Crippen molar-refractivity contribution in [3.05, 3.63) is 64.2 Å². The molecule has 2 aromatic carbocycles. The molecule has 146 valence electrons. The molecule has 1 saturated heterocycles. The minimum absolute atomic E-state index is 0.0888. The lowest BCUT2D eigenvalue weighted by Crippen LogP contribution is -2.24. The van der Waals surface area contributed by atoms with Crippen molar-refractivity contribution in [2.45, 2.75) is 39.2 Å². The van der Waals surface area contributed by atoms with E-state index >= 15 is 0 Å². The Bertz CT molecular complexity index is 943. The van der Waals surface area contributed by atoms with Crippen LogP contribution in [0, 0.1) is 12.7 Å². The van der Waals surface area contributed by atoms with Crippen LogP contribution in [0.4, 0.5) is 4.39 Å². The van der Waals surface area contributed by atoms with E-state index in [-0.39, 0.29) is 17.3 Å². The molecule has 0 aromatic heterocycles. The van der Waals surface area contributed by atoms with Crippen LogP contribution in [0.15, 0.2) is 36.1 Å². The fraction of sp³-hybridized carbons (Fsp3) is 0.348. The van der Waals surface area contributed by atoms with Gasteiger partial charge in [-0.25, -0.2) is 4.39 Å². The number of phenolic OH excluding ortho intramolecular Hbond substituents is 1. The molecule has 0 bridgehead atoms. The number of phenols is 1. The lowest BCUT2D eigenvalue weighted by atomic mass is 9.99. The second-order valence-electron chi connectivity index (χ2n) is 7.55. The molecule has 2 aromatic rings. The summed E-state index contributed by atoms with van der Waals surface area (Å²) in [7, 11) is 0. The third kappa shape index (κ3) is 3.54. The molecule has 2 heterocycles. The third-order valence-corrected chi connectivity index (χ3v) is 5.49. The zero-order chi connectivity index (χ0) is 19.7. The lowest BCUT2D eigenvalue weighted by Gasteiger charge is -2.22. The Balaban J connectivity index is 1.70. The molecule has 0 radical (unpaired) electrons. The number of fused-ring (bicyclic) bond motifs is 1. The van der Waals surface area contributed by atoms with Gasteiger partial charge in [-0.2, -0.15) is 0 Å². The Hall–Kier alpha value is -2.66. The number of carbonyl (C=O) groups excluding carboxylic acids is 1. The van der Waals surface area contributed by atoms with Gasteiger partial charge in [0.1, 0.15) is 17.3 Å². The molecule has 2 aliphatic heterocycles. The third-order valence-electron chi connectivity index (χ3n) is 5.49. The van der Waals surface area contributed by atoms with E-state index in [9.17, 15) is 14.3 Å². The second kappa shape index (κ2) is 7.76. The van der Waals surface area contributed by atoms with Crippen molar-refractivity contribution in [3.63, 3.8) is 0 Å². The molecular weight excluding hydrogens is 357 g/mol. The van der Waals surface area contributed by atoms with Gasteiger partial charge in [0.15, 0.2) is 5.76 Å². The van der Waals surface area contributed by atoms with Crippen molar-refractivity contribution in [1.29, 1.82) is 0 Å². The van der Waals surface area contributed by atoms with E-state index in [4.69, 9.17) is 4.74 Å². The highest BCUT2D eigenvalue weighted by molar-refractivity contribution is 6.15. The molecule has 0 amide bonds. The SMILES string of the molecule is Cc1cc(O)c(CN2CCCCCC2)c2c1C(=O)/C(=C/c1ccccc1F)O2. The van der Waals surface area contributed by atoms with Crippen molar-refractivity contribution < 1.29 is 19.0 Å². The highest BCUT2D eigenvalue weighted by atomic mass is 19.1.